The number of amides is 1. The van der Waals surface area contributed by atoms with Crippen molar-refractivity contribution in [3.63, 3.8) is 0 Å². The van der Waals surface area contributed by atoms with Gasteiger partial charge < -0.3 is 15.2 Å². The number of H-pyrrole nitrogens is 1. The third kappa shape index (κ3) is 8.68. The van der Waals surface area contributed by atoms with Crippen LogP contribution in [0.1, 0.15) is 34.3 Å². The molecule has 0 bridgehead atoms. The van der Waals surface area contributed by atoms with Gasteiger partial charge in [-0.05, 0) is 54.8 Å². The average Bonchev–Trinajstić information content (AvgIpc) is 2.79. The van der Waals surface area contributed by atoms with Crippen LogP contribution in [0, 0.1) is 0 Å². The minimum atomic E-state index is -5.19. The number of aromatic nitrogens is 1. The first kappa shape index (κ1) is 27.1. The summed E-state index contributed by atoms with van der Waals surface area (Å²) >= 11 is 12.1. The molecule has 180 valence electrons. The monoisotopic (exact) mass is 512 g/mol. The van der Waals surface area contributed by atoms with Crippen molar-refractivity contribution in [3.8, 4) is 0 Å². The van der Waals surface area contributed by atoms with Gasteiger partial charge in [-0.15, -0.1) is 0 Å². The summed E-state index contributed by atoms with van der Waals surface area (Å²) < 4.78 is 31.5. The summed E-state index contributed by atoms with van der Waals surface area (Å²) in [4.78, 5) is 24.3. The Morgan fingerprint density at radius 3 is 2.00 bits per heavy atom. The molecule has 0 fully saturated rings. The van der Waals surface area contributed by atoms with E-state index >= 15 is 0 Å². The number of hydrogen-bond donors (Lipinski definition) is 1. The molecule has 5 nitrogen and oxygen atoms in total. The number of pyridine rings is 1. The molecule has 34 heavy (non-hydrogen) atoms. The number of benzene rings is 2. The Morgan fingerprint density at radius 1 is 1.00 bits per heavy atom. The molecule has 1 heterocycles. The van der Waals surface area contributed by atoms with E-state index in [0.29, 0.717) is 15.6 Å². The lowest BCUT2D eigenvalue weighted by molar-refractivity contribution is -0.378. The van der Waals surface area contributed by atoms with E-state index in [1.807, 2.05) is 61.5 Å². The summed E-state index contributed by atoms with van der Waals surface area (Å²) in [6, 6.07) is 19.1. The van der Waals surface area contributed by atoms with Crippen molar-refractivity contribution in [2.24, 2.45) is 0 Å². The molecular weight excluding hydrogens is 492 g/mol. The molecular formula is C24H21Cl2F3N2O3. The molecule has 3 rings (SSSR count). The van der Waals surface area contributed by atoms with E-state index in [1.54, 1.807) is 18.5 Å². The second kappa shape index (κ2) is 12.4. The molecule has 0 aliphatic heterocycles. The summed E-state index contributed by atoms with van der Waals surface area (Å²) in [7, 11) is 0. The molecule has 2 aromatic carbocycles. The molecule has 0 saturated carbocycles. The molecule has 0 radical (unpaired) electrons. The van der Waals surface area contributed by atoms with Crippen LogP contribution in [-0.4, -0.2) is 24.1 Å². The number of carboxylic acid groups (broad SMARTS) is 1. The number of hydrogen-bond acceptors (Lipinski definition) is 3. The van der Waals surface area contributed by atoms with Gasteiger partial charge in [0.25, 0.3) is 5.91 Å². The van der Waals surface area contributed by atoms with Gasteiger partial charge in [0, 0.05) is 28.1 Å². The van der Waals surface area contributed by atoms with Gasteiger partial charge >= 0.3 is 6.18 Å². The number of halogens is 5. The van der Waals surface area contributed by atoms with E-state index in [-0.39, 0.29) is 17.9 Å². The first-order valence-corrected chi connectivity index (χ1v) is 10.8. The van der Waals surface area contributed by atoms with Gasteiger partial charge in [-0.25, -0.2) is 4.98 Å². The maximum atomic E-state index is 12.6. The van der Waals surface area contributed by atoms with E-state index in [0.717, 1.165) is 17.5 Å². The topological polar surface area (TPSA) is 83.4 Å². The summed E-state index contributed by atoms with van der Waals surface area (Å²) in [5, 5.41) is 13.3. The van der Waals surface area contributed by atoms with Crippen LogP contribution in [0.4, 0.5) is 13.2 Å². The van der Waals surface area contributed by atoms with Gasteiger partial charge in [-0.2, -0.15) is 13.2 Å². The number of rotatable bonds is 6. The Bertz CT molecular complexity index is 1080. The summed E-state index contributed by atoms with van der Waals surface area (Å²) in [5.74, 6) is -3.01. The lowest BCUT2D eigenvalue weighted by Gasteiger charge is -2.26. The molecule has 0 aliphatic rings. The van der Waals surface area contributed by atoms with Gasteiger partial charge in [-0.3, -0.25) is 4.79 Å². The minimum absolute atomic E-state index is 0.0745. The molecule has 0 aliphatic carbocycles. The van der Waals surface area contributed by atoms with Crippen molar-refractivity contribution in [1.82, 2.24) is 5.32 Å². The van der Waals surface area contributed by atoms with Gasteiger partial charge in [0.05, 0.1) is 0 Å². The molecule has 3 aromatic rings. The van der Waals surface area contributed by atoms with E-state index < -0.39 is 12.1 Å². The zero-order valence-electron chi connectivity index (χ0n) is 17.9. The molecule has 10 heteroatoms. The van der Waals surface area contributed by atoms with E-state index in [9.17, 15) is 18.0 Å². The highest BCUT2D eigenvalue weighted by Crippen LogP contribution is 2.27. The average molecular weight is 513 g/mol. The number of carbonyl (C=O) groups is 2. The Labute approximate surface area is 204 Å². The van der Waals surface area contributed by atoms with Crippen molar-refractivity contribution >= 4 is 35.1 Å². The van der Waals surface area contributed by atoms with Crippen molar-refractivity contribution in [1.29, 1.82) is 0 Å². The normalized spacial score (nSPS) is 12.6. The fraction of sp³-hybridized carbons (Fsp3) is 0.208. The van der Waals surface area contributed by atoms with Crippen LogP contribution in [0.2, 0.25) is 10.0 Å². The molecule has 1 aromatic heterocycles. The van der Waals surface area contributed by atoms with Gasteiger partial charge in [0.1, 0.15) is 11.5 Å². The highest BCUT2D eigenvalue weighted by molar-refractivity contribution is 6.30. The summed E-state index contributed by atoms with van der Waals surface area (Å²) in [6.45, 7) is 2.03. The Kier molecular flexibility index (Phi) is 9.89. The Balaban J connectivity index is 0.000000509. The van der Waals surface area contributed by atoms with Crippen LogP contribution < -0.4 is 15.4 Å². The number of alkyl halides is 3. The van der Waals surface area contributed by atoms with Crippen LogP contribution in [0.15, 0.2) is 73.1 Å². The van der Waals surface area contributed by atoms with Crippen molar-refractivity contribution in [3.05, 3.63) is 99.8 Å². The lowest BCUT2D eigenvalue weighted by Crippen LogP contribution is -2.38. The van der Waals surface area contributed by atoms with Gasteiger partial charge in [-0.1, -0.05) is 47.5 Å². The molecule has 0 saturated heterocycles. The van der Waals surface area contributed by atoms with Crippen molar-refractivity contribution in [2.75, 3.05) is 0 Å². The Morgan fingerprint density at radius 2 is 1.53 bits per heavy atom. The van der Waals surface area contributed by atoms with Crippen LogP contribution in [0.25, 0.3) is 0 Å². The lowest BCUT2D eigenvalue weighted by atomic mass is 9.86. The minimum Gasteiger partial charge on any atom is -0.542 e. The molecule has 0 unspecified atom stereocenters. The van der Waals surface area contributed by atoms with Crippen LogP contribution in [0.5, 0.6) is 0 Å². The number of nitrogens with one attached hydrogen (secondary N) is 2. The second-order valence-corrected chi connectivity index (χ2v) is 8.20. The standard InChI is InChI=1S/C22H20Cl2N2O.C2HF3O2/c1-15(26-22(27)18-3-2-12-25-14-18)21(17-6-10-20(24)11-7-17)13-16-4-8-19(23)9-5-16;3-2(4,5)1(6)7/h2-12,14-15,21H,13H2,1H3,(H,26,27);(H,6,7)/t15-,21+;/m1./s1. The van der Waals surface area contributed by atoms with E-state index in [2.05, 4.69) is 10.3 Å². The first-order chi connectivity index (χ1) is 16.0. The fourth-order valence-corrected chi connectivity index (χ4v) is 3.34. The van der Waals surface area contributed by atoms with Crippen LogP contribution in [-0.2, 0) is 11.2 Å². The number of carbonyl (C=O) groups excluding carboxylic acids is 2. The molecule has 2 atom stereocenters. The van der Waals surface area contributed by atoms with Crippen LogP contribution >= 0.6 is 23.2 Å². The molecule has 1 amide bonds. The Hall–Kier alpha value is -3.10. The number of aromatic amines is 1. The van der Waals surface area contributed by atoms with Gasteiger partial charge in [0.2, 0.25) is 0 Å². The zero-order valence-corrected chi connectivity index (χ0v) is 19.4. The highest BCUT2D eigenvalue weighted by atomic mass is 35.5. The number of aliphatic carboxylic acids is 1. The number of carboxylic acids is 1. The third-order valence-electron chi connectivity index (χ3n) is 4.83. The quantitative estimate of drug-likeness (QED) is 0.535. The largest absolute Gasteiger partial charge is 0.542 e. The fourth-order valence-electron chi connectivity index (χ4n) is 3.09. The SMILES string of the molecule is C[C@@H](NC(=O)c1ccc[nH+]c1)[C@H](Cc1ccc(Cl)cc1)c1ccc(Cl)cc1.O=C([O-])C(F)(F)F. The second-order valence-electron chi connectivity index (χ2n) is 7.33. The van der Waals surface area contributed by atoms with E-state index in [1.165, 1.54) is 0 Å². The zero-order chi connectivity index (χ0) is 25.3. The van der Waals surface area contributed by atoms with Crippen molar-refractivity contribution < 1.29 is 32.9 Å². The third-order valence-corrected chi connectivity index (χ3v) is 5.33. The predicted octanol–water partition coefficient (Wildman–Crippen LogP) is 4.25. The molecule has 2 N–H and O–H groups in total. The predicted molar refractivity (Wildman–Crippen MR) is 120 cm³/mol. The van der Waals surface area contributed by atoms with Crippen molar-refractivity contribution in [2.45, 2.75) is 31.5 Å². The van der Waals surface area contributed by atoms with Crippen LogP contribution in [0.3, 0.4) is 0 Å². The maximum Gasteiger partial charge on any atom is 0.430 e. The first-order valence-electron chi connectivity index (χ1n) is 10.0. The van der Waals surface area contributed by atoms with Gasteiger partial charge in [0.15, 0.2) is 12.4 Å². The summed E-state index contributed by atoms with van der Waals surface area (Å²) in [5.41, 5.74) is 2.89. The highest BCUT2D eigenvalue weighted by Gasteiger charge is 2.28. The van der Waals surface area contributed by atoms with E-state index in [4.69, 9.17) is 33.1 Å². The summed E-state index contributed by atoms with van der Waals surface area (Å²) in [6.07, 6.45) is -0.947. The maximum absolute atomic E-state index is 12.6. The smallest absolute Gasteiger partial charge is 0.430 e. The molecule has 0 spiro atoms.